The maximum atomic E-state index is 12.1. The van der Waals surface area contributed by atoms with Gasteiger partial charge in [0.15, 0.2) is 0 Å². The van der Waals surface area contributed by atoms with Gasteiger partial charge in [0, 0.05) is 42.3 Å². The third kappa shape index (κ3) is 6.60. The van der Waals surface area contributed by atoms with Gasteiger partial charge in [-0.25, -0.2) is 0 Å². The number of carbonyl (C=O) groups excluding carboxylic acids is 2. The van der Waals surface area contributed by atoms with Crippen molar-refractivity contribution in [3.63, 3.8) is 0 Å². The van der Waals surface area contributed by atoms with Crippen LogP contribution >= 0.6 is 0 Å². The van der Waals surface area contributed by atoms with E-state index in [0.29, 0.717) is 6.61 Å². The molecule has 0 saturated heterocycles. The van der Waals surface area contributed by atoms with E-state index in [1.807, 2.05) is 18.2 Å². The Morgan fingerprint density at radius 2 is 2.03 bits per heavy atom. The number of esters is 1. The van der Waals surface area contributed by atoms with Gasteiger partial charge in [-0.2, -0.15) is 0 Å². The SMILES string of the molecule is CCCN(CCc1c[nH]c2ccc(NC(=O)CCC(=O)OCC)cc12)CC1CC1. The lowest BCUT2D eigenvalue weighted by molar-refractivity contribution is -0.144. The van der Waals surface area contributed by atoms with E-state index in [2.05, 4.69) is 28.3 Å². The third-order valence-electron chi connectivity index (χ3n) is 5.36. The molecule has 3 rings (SSSR count). The second-order valence-corrected chi connectivity index (χ2v) is 7.92. The molecule has 1 amide bonds. The molecule has 0 atom stereocenters. The van der Waals surface area contributed by atoms with Crippen LogP contribution in [0.15, 0.2) is 24.4 Å². The molecule has 1 aliphatic rings. The van der Waals surface area contributed by atoms with Crippen molar-refractivity contribution < 1.29 is 14.3 Å². The smallest absolute Gasteiger partial charge is 0.306 e. The lowest BCUT2D eigenvalue weighted by Gasteiger charge is -2.21. The number of fused-ring (bicyclic) bond motifs is 1. The second kappa shape index (κ2) is 10.4. The number of nitrogens with one attached hydrogen (secondary N) is 2. The van der Waals surface area contributed by atoms with Crippen LogP contribution in [-0.2, 0) is 20.7 Å². The zero-order valence-electron chi connectivity index (χ0n) is 17.6. The summed E-state index contributed by atoms with van der Waals surface area (Å²) in [4.78, 5) is 29.5. The maximum Gasteiger partial charge on any atom is 0.306 e. The van der Waals surface area contributed by atoms with Gasteiger partial charge < -0.3 is 19.9 Å². The molecule has 1 aromatic heterocycles. The standard InChI is InChI=1S/C23H33N3O3/c1-3-12-26(16-17-5-6-17)13-11-18-15-24-21-8-7-19(14-20(18)21)25-22(27)9-10-23(28)29-4-2/h7-8,14-15,17,24H,3-6,9-13,16H2,1-2H3,(H,25,27). The normalized spacial score (nSPS) is 13.8. The van der Waals surface area contributed by atoms with Gasteiger partial charge in [-0.3, -0.25) is 9.59 Å². The second-order valence-electron chi connectivity index (χ2n) is 7.92. The minimum Gasteiger partial charge on any atom is -0.466 e. The molecular weight excluding hydrogens is 366 g/mol. The lowest BCUT2D eigenvalue weighted by Crippen LogP contribution is -2.29. The summed E-state index contributed by atoms with van der Waals surface area (Å²) >= 11 is 0. The minimum atomic E-state index is -0.339. The number of carbonyl (C=O) groups is 2. The van der Waals surface area contributed by atoms with Crippen LogP contribution in [0.3, 0.4) is 0 Å². The highest BCUT2D eigenvalue weighted by molar-refractivity contribution is 5.95. The molecule has 29 heavy (non-hydrogen) atoms. The summed E-state index contributed by atoms with van der Waals surface area (Å²) in [6.07, 6.45) is 7.25. The number of aromatic amines is 1. The topological polar surface area (TPSA) is 74.4 Å². The molecule has 6 heteroatoms. The summed E-state index contributed by atoms with van der Waals surface area (Å²) < 4.78 is 4.87. The van der Waals surface area contributed by atoms with Gasteiger partial charge >= 0.3 is 5.97 Å². The Balaban J connectivity index is 1.58. The minimum absolute atomic E-state index is 0.103. The van der Waals surface area contributed by atoms with Crippen molar-refractivity contribution in [2.24, 2.45) is 5.92 Å². The Labute approximate surface area is 173 Å². The van der Waals surface area contributed by atoms with Crippen molar-refractivity contribution in [1.82, 2.24) is 9.88 Å². The van der Waals surface area contributed by atoms with Crippen molar-refractivity contribution in [1.29, 1.82) is 0 Å². The molecule has 1 aromatic carbocycles. The zero-order valence-corrected chi connectivity index (χ0v) is 17.6. The van der Waals surface area contributed by atoms with Crippen LogP contribution in [0.4, 0.5) is 5.69 Å². The summed E-state index contributed by atoms with van der Waals surface area (Å²) in [5.41, 5.74) is 3.11. The van der Waals surface area contributed by atoms with Crippen LogP contribution < -0.4 is 5.32 Å². The predicted octanol–water partition coefficient (Wildman–Crippen LogP) is 4.11. The van der Waals surface area contributed by atoms with Gasteiger partial charge in [0.2, 0.25) is 5.91 Å². The van der Waals surface area contributed by atoms with Gasteiger partial charge in [-0.05, 0) is 68.8 Å². The van der Waals surface area contributed by atoms with E-state index in [0.717, 1.165) is 42.0 Å². The van der Waals surface area contributed by atoms with Crippen LogP contribution in [0.1, 0.15) is 51.5 Å². The van der Waals surface area contributed by atoms with Gasteiger partial charge in [0.1, 0.15) is 0 Å². The van der Waals surface area contributed by atoms with Gasteiger partial charge in [-0.1, -0.05) is 6.92 Å². The quantitative estimate of drug-likeness (QED) is 0.527. The van der Waals surface area contributed by atoms with E-state index in [-0.39, 0.29) is 24.7 Å². The largest absolute Gasteiger partial charge is 0.466 e. The lowest BCUT2D eigenvalue weighted by atomic mass is 10.1. The molecule has 1 saturated carbocycles. The molecule has 1 aliphatic carbocycles. The number of nitrogens with zero attached hydrogens (tertiary/aromatic N) is 1. The van der Waals surface area contributed by atoms with Gasteiger partial charge in [0.05, 0.1) is 13.0 Å². The Morgan fingerprint density at radius 1 is 1.21 bits per heavy atom. The predicted molar refractivity (Wildman–Crippen MR) is 116 cm³/mol. The molecule has 0 spiro atoms. The molecule has 0 aliphatic heterocycles. The van der Waals surface area contributed by atoms with Crippen molar-refractivity contribution in [3.05, 3.63) is 30.0 Å². The summed E-state index contributed by atoms with van der Waals surface area (Å²) in [5.74, 6) is 0.392. The highest BCUT2D eigenvalue weighted by Gasteiger charge is 2.23. The molecule has 1 heterocycles. The van der Waals surface area contributed by atoms with Crippen molar-refractivity contribution >= 4 is 28.5 Å². The number of H-pyrrole nitrogens is 1. The Kier molecular flexibility index (Phi) is 7.69. The molecule has 0 bridgehead atoms. The average Bonchev–Trinajstić information content (AvgIpc) is 3.43. The number of anilines is 1. The fourth-order valence-corrected chi connectivity index (χ4v) is 3.69. The van der Waals surface area contributed by atoms with E-state index in [4.69, 9.17) is 4.74 Å². The van der Waals surface area contributed by atoms with Crippen LogP contribution in [0, 0.1) is 5.92 Å². The van der Waals surface area contributed by atoms with Crippen molar-refractivity contribution in [2.45, 2.75) is 52.4 Å². The average molecular weight is 400 g/mol. The van der Waals surface area contributed by atoms with Crippen molar-refractivity contribution in [3.8, 4) is 0 Å². The third-order valence-corrected chi connectivity index (χ3v) is 5.36. The zero-order chi connectivity index (χ0) is 20.6. The van der Waals surface area contributed by atoms with Crippen LogP contribution in [-0.4, -0.2) is 48.0 Å². The monoisotopic (exact) mass is 399 g/mol. The highest BCUT2D eigenvalue weighted by atomic mass is 16.5. The Morgan fingerprint density at radius 3 is 2.76 bits per heavy atom. The maximum absolute atomic E-state index is 12.1. The summed E-state index contributed by atoms with van der Waals surface area (Å²) in [7, 11) is 0. The van der Waals surface area contributed by atoms with Crippen LogP contribution in [0.2, 0.25) is 0 Å². The van der Waals surface area contributed by atoms with Gasteiger partial charge in [0.25, 0.3) is 0 Å². The van der Waals surface area contributed by atoms with E-state index in [9.17, 15) is 9.59 Å². The van der Waals surface area contributed by atoms with E-state index >= 15 is 0 Å². The number of benzene rings is 1. The van der Waals surface area contributed by atoms with E-state index < -0.39 is 0 Å². The molecule has 158 valence electrons. The van der Waals surface area contributed by atoms with Crippen LogP contribution in [0.5, 0.6) is 0 Å². The van der Waals surface area contributed by atoms with Gasteiger partial charge in [-0.15, -0.1) is 0 Å². The molecule has 2 aromatic rings. The first-order valence-electron chi connectivity index (χ1n) is 10.9. The fourth-order valence-electron chi connectivity index (χ4n) is 3.69. The molecule has 0 radical (unpaired) electrons. The molecule has 0 unspecified atom stereocenters. The first-order valence-corrected chi connectivity index (χ1v) is 10.9. The summed E-state index contributed by atoms with van der Waals surface area (Å²) in [5, 5.41) is 4.05. The molecule has 1 fully saturated rings. The molecule has 2 N–H and O–H groups in total. The van der Waals surface area contributed by atoms with Crippen LogP contribution in [0.25, 0.3) is 10.9 Å². The number of ether oxygens (including phenoxy) is 1. The first-order chi connectivity index (χ1) is 14.1. The summed E-state index contributed by atoms with van der Waals surface area (Å²) in [6, 6.07) is 5.91. The number of hydrogen-bond acceptors (Lipinski definition) is 4. The number of rotatable bonds is 12. The first kappa shape index (κ1) is 21.4. The number of amides is 1. The Bertz CT molecular complexity index is 826. The number of hydrogen-bond donors (Lipinski definition) is 2. The van der Waals surface area contributed by atoms with Crippen molar-refractivity contribution in [2.75, 3.05) is 31.6 Å². The molecular formula is C23H33N3O3. The Hall–Kier alpha value is -2.34. The van der Waals surface area contributed by atoms with E-state index in [1.165, 1.54) is 31.4 Å². The molecule has 6 nitrogen and oxygen atoms in total. The fraction of sp³-hybridized carbons (Fsp3) is 0.565. The van der Waals surface area contributed by atoms with E-state index in [1.54, 1.807) is 6.92 Å². The highest BCUT2D eigenvalue weighted by Crippen LogP contribution is 2.30. The number of aromatic nitrogens is 1. The summed E-state index contributed by atoms with van der Waals surface area (Å²) in [6.45, 7) is 7.77.